The van der Waals surface area contributed by atoms with Gasteiger partial charge in [0, 0.05) is 31.6 Å². The molecule has 126 valence electrons. The van der Waals surface area contributed by atoms with Crippen molar-refractivity contribution in [2.24, 2.45) is 0 Å². The maximum absolute atomic E-state index is 12.1. The van der Waals surface area contributed by atoms with Crippen molar-refractivity contribution >= 4 is 5.91 Å². The Morgan fingerprint density at radius 3 is 2.83 bits per heavy atom. The fourth-order valence-electron chi connectivity index (χ4n) is 2.60. The smallest absolute Gasteiger partial charge is 0.273 e. The van der Waals surface area contributed by atoms with Crippen LogP contribution in [0.3, 0.4) is 0 Å². The molecule has 2 heterocycles. The first kappa shape index (κ1) is 16.3. The van der Waals surface area contributed by atoms with Crippen LogP contribution in [0.4, 0.5) is 0 Å². The summed E-state index contributed by atoms with van der Waals surface area (Å²) in [5.74, 6) is 0.311. The fourth-order valence-corrected chi connectivity index (χ4v) is 2.60. The molecule has 0 saturated carbocycles. The lowest BCUT2D eigenvalue weighted by atomic mass is 10.2. The van der Waals surface area contributed by atoms with E-state index in [9.17, 15) is 9.59 Å². The molecule has 7 heteroatoms. The number of aromatic amines is 1. The Hall–Kier alpha value is -2.54. The summed E-state index contributed by atoms with van der Waals surface area (Å²) in [6.45, 7) is 1.28. The second-order valence-electron chi connectivity index (χ2n) is 5.75. The Morgan fingerprint density at radius 2 is 2.12 bits per heavy atom. The van der Waals surface area contributed by atoms with Crippen molar-refractivity contribution in [2.45, 2.75) is 31.8 Å². The number of H-pyrrole nitrogens is 1. The molecular formula is C17H20N4O3. The maximum Gasteiger partial charge on any atom is 0.273 e. The molecule has 1 saturated heterocycles. The van der Waals surface area contributed by atoms with Gasteiger partial charge >= 0.3 is 0 Å². The van der Waals surface area contributed by atoms with E-state index >= 15 is 0 Å². The number of nitrogens with zero attached hydrogens (tertiary/aromatic N) is 2. The predicted octanol–water partition coefficient (Wildman–Crippen LogP) is 1.06. The van der Waals surface area contributed by atoms with Crippen LogP contribution in [0.25, 0.3) is 11.4 Å². The summed E-state index contributed by atoms with van der Waals surface area (Å²) in [6, 6.07) is 9.30. The van der Waals surface area contributed by atoms with E-state index < -0.39 is 0 Å². The summed E-state index contributed by atoms with van der Waals surface area (Å²) in [6.07, 6.45) is 2.59. The van der Waals surface area contributed by atoms with Gasteiger partial charge in [0.05, 0.1) is 6.10 Å². The number of carbonyl (C=O) groups excluding carboxylic acids is 1. The molecule has 1 aliphatic rings. The molecule has 1 fully saturated rings. The molecule has 24 heavy (non-hydrogen) atoms. The average molecular weight is 328 g/mol. The molecule has 0 spiro atoms. The minimum absolute atomic E-state index is 0.112. The summed E-state index contributed by atoms with van der Waals surface area (Å²) >= 11 is 0. The van der Waals surface area contributed by atoms with E-state index in [1.165, 1.54) is 0 Å². The molecule has 1 aromatic carbocycles. The normalized spacial score (nSPS) is 16.9. The van der Waals surface area contributed by atoms with Crippen molar-refractivity contribution in [2.75, 3.05) is 13.2 Å². The number of aromatic nitrogens is 3. The number of benzene rings is 1. The minimum Gasteiger partial charge on any atom is -0.376 e. The molecule has 1 aromatic heterocycles. The molecule has 0 aliphatic carbocycles. The molecule has 0 bridgehead atoms. The predicted molar refractivity (Wildman–Crippen MR) is 88.4 cm³/mol. The summed E-state index contributed by atoms with van der Waals surface area (Å²) in [5.41, 5.74) is 0.751. The molecular weight excluding hydrogens is 308 g/mol. The van der Waals surface area contributed by atoms with Crippen molar-refractivity contribution in [1.82, 2.24) is 20.5 Å². The first-order valence-electron chi connectivity index (χ1n) is 8.12. The van der Waals surface area contributed by atoms with E-state index in [-0.39, 0.29) is 36.1 Å². The zero-order valence-electron chi connectivity index (χ0n) is 13.3. The molecule has 1 atom stereocenters. The molecule has 1 amide bonds. The van der Waals surface area contributed by atoms with Gasteiger partial charge in [0.1, 0.15) is 5.69 Å². The highest BCUT2D eigenvalue weighted by atomic mass is 16.5. The van der Waals surface area contributed by atoms with Gasteiger partial charge in [-0.15, -0.1) is 10.2 Å². The number of rotatable bonds is 6. The van der Waals surface area contributed by atoms with Gasteiger partial charge in [-0.2, -0.15) is 0 Å². The standard InChI is InChI=1S/C17H20N4O3/c22-15(18-11-13-7-4-10-24-13)9-8-14-17(23)19-16(21-20-14)12-5-2-1-3-6-12/h1-3,5-6,13H,4,7-11H2,(H,18,22)(H,19,21,23)/t13-/m1/s1. The van der Waals surface area contributed by atoms with Gasteiger partial charge < -0.3 is 15.0 Å². The van der Waals surface area contributed by atoms with Crippen molar-refractivity contribution in [3.63, 3.8) is 0 Å². The number of carbonyl (C=O) groups is 1. The Balaban J connectivity index is 1.53. The summed E-state index contributed by atoms with van der Waals surface area (Å²) in [5, 5.41) is 10.8. The lowest BCUT2D eigenvalue weighted by Gasteiger charge is -2.10. The topological polar surface area (TPSA) is 97.0 Å². The van der Waals surface area contributed by atoms with Crippen molar-refractivity contribution in [3.8, 4) is 11.4 Å². The van der Waals surface area contributed by atoms with Gasteiger partial charge in [0.2, 0.25) is 5.91 Å². The van der Waals surface area contributed by atoms with E-state index in [0.717, 1.165) is 25.0 Å². The fraction of sp³-hybridized carbons (Fsp3) is 0.412. The zero-order valence-corrected chi connectivity index (χ0v) is 13.3. The quantitative estimate of drug-likeness (QED) is 0.826. The van der Waals surface area contributed by atoms with Gasteiger partial charge in [-0.1, -0.05) is 30.3 Å². The highest BCUT2D eigenvalue weighted by Crippen LogP contribution is 2.11. The summed E-state index contributed by atoms with van der Waals surface area (Å²) < 4.78 is 5.45. The molecule has 3 rings (SSSR count). The van der Waals surface area contributed by atoms with E-state index in [2.05, 4.69) is 20.5 Å². The van der Waals surface area contributed by atoms with E-state index in [0.29, 0.717) is 12.4 Å². The van der Waals surface area contributed by atoms with Crippen molar-refractivity contribution in [3.05, 3.63) is 46.4 Å². The van der Waals surface area contributed by atoms with Gasteiger partial charge in [0.15, 0.2) is 5.82 Å². The van der Waals surface area contributed by atoms with Crippen LogP contribution in [0.1, 0.15) is 25.0 Å². The average Bonchev–Trinajstić information content (AvgIpc) is 3.13. The molecule has 2 N–H and O–H groups in total. The number of hydrogen-bond donors (Lipinski definition) is 2. The molecule has 7 nitrogen and oxygen atoms in total. The van der Waals surface area contributed by atoms with Gasteiger partial charge in [0.25, 0.3) is 5.56 Å². The highest BCUT2D eigenvalue weighted by molar-refractivity contribution is 5.76. The van der Waals surface area contributed by atoms with Crippen LogP contribution in [-0.2, 0) is 16.0 Å². The first-order valence-corrected chi connectivity index (χ1v) is 8.12. The molecule has 2 aromatic rings. The van der Waals surface area contributed by atoms with E-state index in [1.54, 1.807) is 0 Å². The Bertz CT molecular complexity index is 739. The third-order valence-corrected chi connectivity index (χ3v) is 3.95. The van der Waals surface area contributed by atoms with Crippen LogP contribution in [0, 0.1) is 0 Å². The number of hydrogen-bond acceptors (Lipinski definition) is 5. The van der Waals surface area contributed by atoms with Gasteiger partial charge in [-0.25, -0.2) is 0 Å². The van der Waals surface area contributed by atoms with Gasteiger partial charge in [-0.3, -0.25) is 9.59 Å². The monoisotopic (exact) mass is 328 g/mol. The third-order valence-electron chi connectivity index (χ3n) is 3.95. The zero-order chi connectivity index (χ0) is 16.8. The molecule has 0 unspecified atom stereocenters. The van der Waals surface area contributed by atoms with Crippen LogP contribution >= 0.6 is 0 Å². The summed E-state index contributed by atoms with van der Waals surface area (Å²) in [4.78, 5) is 26.6. The maximum atomic E-state index is 12.1. The first-order chi connectivity index (χ1) is 11.7. The Kier molecular flexibility index (Phi) is 5.32. The van der Waals surface area contributed by atoms with Crippen LogP contribution in [0.2, 0.25) is 0 Å². The number of amides is 1. The second-order valence-corrected chi connectivity index (χ2v) is 5.75. The number of ether oxygens (including phenoxy) is 1. The van der Waals surface area contributed by atoms with Crippen molar-refractivity contribution in [1.29, 1.82) is 0 Å². The second kappa shape index (κ2) is 7.83. The van der Waals surface area contributed by atoms with Crippen LogP contribution in [0.15, 0.2) is 35.1 Å². The highest BCUT2D eigenvalue weighted by Gasteiger charge is 2.16. The third kappa shape index (κ3) is 4.26. The van der Waals surface area contributed by atoms with Crippen LogP contribution in [0.5, 0.6) is 0 Å². The van der Waals surface area contributed by atoms with E-state index in [1.807, 2.05) is 30.3 Å². The Morgan fingerprint density at radius 1 is 1.29 bits per heavy atom. The Labute approximate surface area is 139 Å². The number of aryl methyl sites for hydroxylation is 1. The number of nitrogens with one attached hydrogen (secondary N) is 2. The van der Waals surface area contributed by atoms with Crippen molar-refractivity contribution < 1.29 is 9.53 Å². The summed E-state index contributed by atoms with van der Waals surface area (Å²) in [7, 11) is 0. The molecule has 0 radical (unpaired) electrons. The lowest BCUT2D eigenvalue weighted by Crippen LogP contribution is -2.32. The minimum atomic E-state index is -0.309. The van der Waals surface area contributed by atoms with E-state index in [4.69, 9.17) is 4.74 Å². The van der Waals surface area contributed by atoms with Crippen LogP contribution in [-0.4, -0.2) is 40.3 Å². The SMILES string of the molecule is O=C(CCc1nnc(-c2ccccc2)[nH]c1=O)NC[C@H]1CCCO1. The van der Waals surface area contributed by atoms with Gasteiger partial charge in [-0.05, 0) is 12.8 Å². The molecule has 1 aliphatic heterocycles. The van der Waals surface area contributed by atoms with Crippen LogP contribution < -0.4 is 10.9 Å². The lowest BCUT2D eigenvalue weighted by molar-refractivity contribution is -0.121. The largest absolute Gasteiger partial charge is 0.376 e.